The van der Waals surface area contributed by atoms with E-state index < -0.39 is 0 Å². The van der Waals surface area contributed by atoms with Gasteiger partial charge in [0.25, 0.3) is 0 Å². The number of rotatable bonds is 5. The smallest absolute Gasteiger partial charge is 0.237 e. The van der Waals surface area contributed by atoms with Crippen LogP contribution in [0.3, 0.4) is 0 Å². The Labute approximate surface area is 139 Å². The lowest BCUT2D eigenvalue weighted by Gasteiger charge is -2.44. The third kappa shape index (κ3) is 3.60. The minimum atomic E-state index is 0.0186. The summed E-state index contributed by atoms with van der Waals surface area (Å²) in [5.74, 6) is 0.228. The summed E-state index contributed by atoms with van der Waals surface area (Å²) in [4.78, 5) is 14.9. The molecule has 1 aliphatic carbocycles. The van der Waals surface area contributed by atoms with Gasteiger partial charge in [-0.25, -0.2) is 0 Å². The van der Waals surface area contributed by atoms with Crippen LogP contribution in [-0.4, -0.2) is 45.8 Å². The van der Waals surface area contributed by atoms with Gasteiger partial charge in [-0.2, -0.15) is 5.10 Å². The number of hydrogen-bond acceptors (Lipinski definition) is 3. The van der Waals surface area contributed by atoms with Crippen LogP contribution in [0.5, 0.6) is 0 Å². The Hall–Kier alpha value is -1.36. The van der Waals surface area contributed by atoms with Crippen LogP contribution in [0.4, 0.5) is 0 Å². The zero-order valence-electron chi connectivity index (χ0n) is 14.7. The third-order valence-electron chi connectivity index (χ3n) is 5.36. The molecule has 5 heteroatoms. The number of nitrogens with one attached hydrogen (secondary N) is 1. The van der Waals surface area contributed by atoms with Gasteiger partial charge < -0.3 is 5.32 Å². The summed E-state index contributed by atoms with van der Waals surface area (Å²) in [6.07, 6.45) is 7.01. The first-order valence-corrected chi connectivity index (χ1v) is 9.15. The molecule has 2 aliphatic rings. The topological polar surface area (TPSA) is 50.2 Å². The maximum absolute atomic E-state index is 12.6. The zero-order valence-corrected chi connectivity index (χ0v) is 14.7. The number of nitrogens with zero attached hydrogens (tertiary/aromatic N) is 3. The molecule has 0 bridgehead atoms. The SMILES string of the molecule is CCC(C(=O)NC1CCCCC1)N1CC(n2nc(C)cc2C)C1. The molecule has 1 amide bonds. The van der Waals surface area contributed by atoms with Crippen molar-refractivity contribution in [3.05, 3.63) is 17.5 Å². The van der Waals surface area contributed by atoms with Gasteiger partial charge in [-0.1, -0.05) is 26.2 Å². The Kier molecular flexibility index (Phi) is 5.05. The molecule has 1 unspecified atom stereocenters. The Balaban J connectivity index is 1.53. The van der Waals surface area contributed by atoms with Crippen molar-refractivity contribution < 1.29 is 4.79 Å². The highest BCUT2D eigenvalue weighted by Crippen LogP contribution is 2.26. The Bertz CT molecular complexity index is 541. The van der Waals surface area contributed by atoms with Crippen LogP contribution >= 0.6 is 0 Å². The normalized spacial score (nSPS) is 21.9. The highest BCUT2D eigenvalue weighted by Gasteiger charge is 2.37. The average molecular weight is 318 g/mol. The van der Waals surface area contributed by atoms with E-state index >= 15 is 0 Å². The van der Waals surface area contributed by atoms with E-state index in [9.17, 15) is 4.79 Å². The van der Waals surface area contributed by atoms with E-state index in [4.69, 9.17) is 0 Å². The van der Waals surface area contributed by atoms with Crippen molar-refractivity contribution in [2.45, 2.75) is 77.4 Å². The van der Waals surface area contributed by atoms with Crippen LogP contribution in [0.15, 0.2) is 6.07 Å². The van der Waals surface area contributed by atoms with Crippen molar-refractivity contribution in [1.82, 2.24) is 20.0 Å². The van der Waals surface area contributed by atoms with Crippen LogP contribution < -0.4 is 5.32 Å². The van der Waals surface area contributed by atoms with Crippen molar-refractivity contribution in [2.75, 3.05) is 13.1 Å². The zero-order chi connectivity index (χ0) is 16.4. The summed E-state index contributed by atoms with van der Waals surface area (Å²) in [5, 5.41) is 7.87. The number of carbonyl (C=O) groups excluding carboxylic acids is 1. The molecule has 128 valence electrons. The van der Waals surface area contributed by atoms with E-state index in [-0.39, 0.29) is 11.9 Å². The molecule has 0 spiro atoms. The van der Waals surface area contributed by atoms with Crippen LogP contribution in [0.2, 0.25) is 0 Å². The second-order valence-electron chi connectivity index (χ2n) is 7.25. The summed E-state index contributed by atoms with van der Waals surface area (Å²) in [6.45, 7) is 8.11. The second-order valence-corrected chi connectivity index (χ2v) is 7.25. The van der Waals surface area contributed by atoms with Gasteiger partial charge in [0, 0.05) is 24.8 Å². The summed E-state index contributed by atoms with van der Waals surface area (Å²) in [5.41, 5.74) is 2.29. The summed E-state index contributed by atoms with van der Waals surface area (Å²) in [6, 6.07) is 2.96. The van der Waals surface area contributed by atoms with Crippen molar-refractivity contribution >= 4 is 5.91 Å². The molecule has 1 N–H and O–H groups in total. The van der Waals surface area contributed by atoms with Crippen LogP contribution in [0.1, 0.15) is 62.9 Å². The van der Waals surface area contributed by atoms with E-state index in [1.165, 1.54) is 25.0 Å². The molecule has 1 saturated carbocycles. The van der Waals surface area contributed by atoms with Gasteiger partial charge in [-0.15, -0.1) is 0 Å². The number of aromatic nitrogens is 2. The Morgan fingerprint density at radius 1 is 1.30 bits per heavy atom. The van der Waals surface area contributed by atoms with Gasteiger partial charge in [-0.05, 0) is 39.2 Å². The average Bonchev–Trinajstić information content (AvgIpc) is 2.81. The lowest BCUT2D eigenvalue weighted by atomic mass is 9.95. The highest BCUT2D eigenvalue weighted by molar-refractivity contribution is 5.82. The van der Waals surface area contributed by atoms with E-state index in [2.05, 4.69) is 39.9 Å². The van der Waals surface area contributed by atoms with Crippen LogP contribution in [0, 0.1) is 13.8 Å². The molecule has 2 heterocycles. The first kappa shape index (κ1) is 16.5. The minimum absolute atomic E-state index is 0.0186. The Morgan fingerprint density at radius 2 is 2.00 bits per heavy atom. The first-order valence-electron chi connectivity index (χ1n) is 9.15. The lowest BCUT2D eigenvalue weighted by Crippen LogP contribution is -2.58. The predicted molar refractivity (Wildman–Crippen MR) is 91.4 cm³/mol. The van der Waals surface area contributed by atoms with Gasteiger partial charge in [0.2, 0.25) is 5.91 Å². The first-order chi connectivity index (χ1) is 11.1. The maximum atomic E-state index is 12.6. The number of hydrogen-bond donors (Lipinski definition) is 1. The van der Waals surface area contributed by atoms with Crippen molar-refractivity contribution in [1.29, 1.82) is 0 Å². The van der Waals surface area contributed by atoms with Gasteiger partial charge in [0.05, 0.1) is 17.8 Å². The largest absolute Gasteiger partial charge is 0.352 e. The van der Waals surface area contributed by atoms with Gasteiger partial charge in [0.1, 0.15) is 0 Å². The number of amides is 1. The molecule has 1 atom stereocenters. The minimum Gasteiger partial charge on any atom is -0.352 e. The standard InChI is InChI=1S/C18H30N4O/c1-4-17(18(23)19-15-8-6-5-7-9-15)21-11-16(12-21)22-14(3)10-13(2)20-22/h10,15-17H,4-9,11-12H2,1-3H3,(H,19,23). The molecule has 5 nitrogen and oxygen atoms in total. The van der Waals surface area contributed by atoms with E-state index in [1.807, 2.05) is 6.92 Å². The van der Waals surface area contributed by atoms with E-state index in [1.54, 1.807) is 0 Å². The molecule has 1 aromatic heterocycles. The fraction of sp³-hybridized carbons (Fsp3) is 0.778. The van der Waals surface area contributed by atoms with E-state index in [0.29, 0.717) is 12.1 Å². The molecular formula is C18H30N4O. The fourth-order valence-corrected chi connectivity index (χ4v) is 4.07. The van der Waals surface area contributed by atoms with Crippen LogP contribution in [-0.2, 0) is 4.79 Å². The van der Waals surface area contributed by atoms with Gasteiger partial charge in [-0.3, -0.25) is 14.4 Å². The number of aryl methyl sites for hydroxylation is 2. The third-order valence-corrected chi connectivity index (χ3v) is 5.36. The molecule has 1 aliphatic heterocycles. The number of likely N-dealkylation sites (tertiary alicyclic amines) is 1. The molecule has 1 saturated heterocycles. The molecule has 1 aromatic rings. The van der Waals surface area contributed by atoms with Crippen molar-refractivity contribution in [2.24, 2.45) is 0 Å². The molecule has 23 heavy (non-hydrogen) atoms. The second kappa shape index (κ2) is 7.04. The Morgan fingerprint density at radius 3 is 2.57 bits per heavy atom. The number of carbonyl (C=O) groups is 1. The quantitative estimate of drug-likeness (QED) is 0.908. The van der Waals surface area contributed by atoms with E-state index in [0.717, 1.165) is 38.0 Å². The van der Waals surface area contributed by atoms with Crippen LogP contribution in [0.25, 0.3) is 0 Å². The lowest BCUT2D eigenvalue weighted by molar-refractivity contribution is -0.130. The summed E-state index contributed by atoms with van der Waals surface area (Å²) in [7, 11) is 0. The highest BCUT2D eigenvalue weighted by atomic mass is 16.2. The summed E-state index contributed by atoms with van der Waals surface area (Å²) < 4.78 is 2.12. The monoisotopic (exact) mass is 318 g/mol. The summed E-state index contributed by atoms with van der Waals surface area (Å²) >= 11 is 0. The molecule has 0 radical (unpaired) electrons. The van der Waals surface area contributed by atoms with Gasteiger partial charge >= 0.3 is 0 Å². The molecule has 3 rings (SSSR count). The van der Waals surface area contributed by atoms with Crippen molar-refractivity contribution in [3.8, 4) is 0 Å². The predicted octanol–water partition coefficient (Wildman–Crippen LogP) is 2.58. The van der Waals surface area contributed by atoms with Crippen molar-refractivity contribution in [3.63, 3.8) is 0 Å². The molecule has 2 fully saturated rings. The molecule has 0 aromatic carbocycles. The maximum Gasteiger partial charge on any atom is 0.237 e. The van der Waals surface area contributed by atoms with Gasteiger partial charge in [0.15, 0.2) is 0 Å². The molecular weight excluding hydrogens is 288 g/mol. The fourth-order valence-electron chi connectivity index (χ4n) is 4.07.